The fourth-order valence-corrected chi connectivity index (χ4v) is 2.96. The first-order valence-electron chi connectivity index (χ1n) is 9.36. The minimum Gasteiger partial charge on any atom is -0.491 e. The maximum atomic E-state index is 13.2. The van der Waals surface area contributed by atoms with Gasteiger partial charge in [-0.15, -0.1) is 0 Å². The van der Waals surface area contributed by atoms with Crippen LogP contribution in [0.15, 0.2) is 72.8 Å². The van der Waals surface area contributed by atoms with Gasteiger partial charge >= 0.3 is 0 Å². The molecule has 6 heteroatoms. The maximum absolute atomic E-state index is 13.2. The molecule has 0 radical (unpaired) electrons. The summed E-state index contributed by atoms with van der Waals surface area (Å²) in [6, 6.07) is 21.8. The van der Waals surface area contributed by atoms with Gasteiger partial charge in [-0.05, 0) is 48.7 Å². The van der Waals surface area contributed by atoms with Crippen LogP contribution in [0.25, 0.3) is 0 Å². The molecule has 0 aliphatic rings. The van der Waals surface area contributed by atoms with Crippen LogP contribution in [0.2, 0.25) is 5.02 Å². The van der Waals surface area contributed by atoms with Gasteiger partial charge in [-0.2, -0.15) is 0 Å². The van der Waals surface area contributed by atoms with Gasteiger partial charge in [-0.1, -0.05) is 54.1 Å². The summed E-state index contributed by atoms with van der Waals surface area (Å²) in [4.78, 5) is 12.3. The van der Waals surface area contributed by atoms with Crippen LogP contribution in [0.3, 0.4) is 0 Å². The Morgan fingerprint density at radius 1 is 1.00 bits per heavy atom. The lowest BCUT2D eigenvalue weighted by atomic mass is 10.1. The summed E-state index contributed by atoms with van der Waals surface area (Å²) < 4.78 is 19.1. The molecule has 0 saturated carbocycles. The van der Waals surface area contributed by atoms with Crippen LogP contribution in [0.5, 0.6) is 5.75 Å². The van der Waals surface area contributed by atoms with Crippen molar-refractivity contribution in [3.63, 3.8) is 0 Å². The average molecular weight is 413 g/mol. The van der Waals surface area contributed by atoms with E-state index >= 15 is 0 Å². The summed E-state index contributed by atoms with van der Waals surface area (Å²) in [5.41, 5.74) is 2.44. The quantitative estimate of drug-likeness (QED) is 0.453. The number of aryl methyl sites for hydroxylation is 1. The molecule has 3 aromatic carbocycles. The molecule has 0 aromatic heterocycles. The summed E-state index contributed by atoms with van der Waals surface area (Å²) in [5, 5.41) is 5.75. The molecule has 3 rings (SSSR count). The number of ether oxygens (including phenoxy) is 1. The number of hydrogen-bond acceptors (Lipinski definition) is 3. The molecule has 4 nitrogen and oxygen atoms in total. The zero-order chi connectivity index (χ0) is 20.5. The van der Waals surface area contributed by atoms with E-state index in [2.05, 4.69) is 22.8 Å². The Kier molecular flexibility index (Phi) is 7.47. The number of rotatable bonds is 9. The Labute approximate surface area is 174 Å². The van der Waals surface area contributed by atoms with Gasteiger partial charge in [0.15, 0.2) is 0 Å². The van der Waals surface area contributed by atoms with E-state index in [9.17, 15) is 9.18 Å². The molecule has 1 amide bonds. The lowest BCUT2D eigenvalue weighted by Gasteiger charge is -2.13. The van der Waals surface area contributed by atoms with Crippen LogP contribution in [-0.4, -0.2) is 19.1 Å². The fourth-order valence-electron chi connectivity index (χ4n) is 2.78. The van der Waals surface area contributed by atoms with E-state index < -0.39 is 5.82 Å². The van der Waals surface area contributed by atoms with Crippen LogP contribution < -0.4 is 15.4 Å². The third-order valence-electron chi connectivity index (χ3n) is 4.24. The van der Waals surface area contributed by atoms with Gasteiger partial charge in [0.1, 0.15) is 11.6 Å². The van der Waals surface area contributed by atoms with Crippen LogP contribution in [0.4, 0.5) is 15.8 Å². The summed E-state index contributed by atoms with van der Waals surface area (Å²) in [6.45, 7) is 0.568. The molecule has 3 aromatic rings. The molecule has 0 atom stereocenters. The third-order valence-corrected chi connectivity index (χ3v) is 4.53. The largest absolute Gasteiger partial charge is 0.491 e. The van der Waals surface area contributed by atoms with Crippen LogP contribution in [-0.2, 0) is 11.2 Å². The van der Waals surface area contributed by atoms with Crippen molar-refractivity contribution in [1.82, 2.24) is 0 Å². The standard InChI is InChI=1S/C23H22ClFN2O2/c24-19-15-18(12-13-20(19)25)26-16-23(28)27-21-10-4-5-11-22(21)29-14-6-9-17-7-2-1-3-8-17/h1-5,7-8,10-13,15,26H,6,9,14,16H2,(H,27,28). The van der Waals surface area contributed by atoms with E-state index in [1.807, 2.05) is 36.4 Å². The number of carbonyl (C=O) groups excluding carboxylic acids is 1. The number of anilines is 2. The molecular weight excluding hydrogens is 391 g/mol. The van der Waals surface area contributed by atoms with Crippen molar-refractivity contribution < 1.29 is 13.9 Å². The van der Waals surface area contributed by atoms with Crippen molar-refractivity contribution >= 4 is 28.9 Å². The number of amides is 1. The van der Waals surface area contributed by atoms with Crippen molar-refractivity contribution in [2.24, 2.45) is 0 Å². The number of hydrogen-bond donors (Lipinski definition) is 2. The number of benzene rings is 3. The second kappa shape index (κ2) is 10.5. The van der Waals surface area contributed by atoms with Gasteiger partial charge in [0.25, 0.3) is 0 Å². The normalized spacial score (nSPS) is 10.4. The average Bonchev–Trinajstić information content (AvgIpc) is 2.74. The molecule has 0 unspecified atom stereocenters. The highest BCUT2D eigenvalue weighted by atomic mass is 35.5. The monoisotopic (exact) mass is 412 g/mol. The van der Waals surface area contributed by atoms with E-state index in [0.29, 0.717) is 23.7 Å². The van der Waals surface area contributed by atoms with Gasteiger partial charge in [0.2, 0.25) is 5.91 Å². The first kappa shape index (κ1) is 20.7. The zero-order valence-electron chi connectivity index (χ0n) is 15.8. The van der Waals surface area contributed by atoms with Crippen molar-refractivity contribution in [3.8, 4) is 5.75 Å². The summed E-state index contributed by atoms with van der Waals surface area (Å²) in [5.74, 6) is -0.121. The first-order chi connectivity index (χ1) is 14.1. The molecule has 0 aliphatic heterocycles. The summed E-state index contributed by atoms with van der Waals surface area (Å²) in [7, 11) is 0. The van der Waals surface area contributed by atoms with Gasteiger partial charge in [-0.3, -0.25) is 4.79 Å². The van der Waals surface area contributed by atoms with E-state index in [1.54, 1.807) is 6.07 Å². The van der Waals surface area contributed by atoms with E-state index in [1.165, 1.54) is 23.8 Å². The molecule has 0 spiro atoms. The highest BCUT2D eigenvalue weighted by molar-refractivity contribution is 6.31. The molecule has 0 bridgehead atoms. The second-order valence-electron chi connectivity index (χ2n) is 6.46. The molecular formula is C23H22ClFN2O2. The predicted molar refractivity (Wildman–Crippen MR) is 115 cm³/mol. The molecule has 0 aliphatic carbocycles. The highest BCUT2D eigenvalue weighted by Gasteiger charge is 2.08. The highest BCUT2D eigenvalue weighted by Crippen LogP contribution is 2.24. The SMILES string of the molecule is O=C(CNc1ccc(F)c(Cl)c1)Nc1ccccc1OCCCc1ccccc1. The van der Waals surface area contributed by atoms with Crippen LogP contribution in [0.1, 0.15) is 12.0 Å². The predicted octanol–water partition coefficient (Wildman–Crippen LogP) is 5.54. The maximum Gasteiger partial charge on any atom is 0.243 e. The van der Waals surface area contributed by atoms with E-state index in [4.69, 9.17) is 16.3 Å². The van der Waals surface area contributed by atoms with Crippen molar-refractivity contribution in [1.29, 1.82) is 0 Å². The Morgan fingerprint density at radius 3 is 2.55 bits per heavy atom. The topological polar surface area (TPSA) is 50.4 Å². The molecule has 0 heterocycles. The second-order valence-corrected chi connectivity index (χ2v) is 6.87. The zero-order valence-corrected chi connectivity index (χ0v) is 16.6. The number of nitrogens with one attached hydrogen (secondary N) is 2. The Balaban J connectivity index is 1.48. The molecule has 29 heavy (non-hydrogen) atoms. The lowest BCUT2D eigenvalue weighted by molar-refractivity contribution is -0.114. The number of carbonyl (C=O) groups is 1. The van der Waals surface area contributed by atoms with Crippen molar-refractivity contribution in [3.05, 3.63) is 89.2 Å². The van der Waals surface area contributed by atoms with Gasteiger partial charge < -0.3 is 15.4 Å². The minimum atomic E-state index is -0.500. The van der Waals surface area contributed by atoms with Crippen molar-refractivity contribution in [2.45, 2.75) is 12.8 Å². The molecule has 0 saturated heterocycles. The van der Waals surface area contributed by atoms with Crippen LogP contribution in [0, 0.1) is 5.82 Å². The van der Waals surface area contributed by atoms with Crippen molar-refractivity contribution in [2.75, 3.05) is 23.8 Å². The lowest BCUT2D eigenvalue weighted by Crippen LogP contribution is -2.22. The minimum absolute atomic E-state index is 0.00431. The Morgan fingerprint density at radius 2 is 1.76 bits per heavy atom. The summed E-state index contributed by atoms with van der Waals surface area (Å²) in [6.07, 6.45) is 1.80. The smallest absolute Gasteiger partial charge is 0.243 e. The van der Waals surface area contributed by atoms with Gasteiger partial charge in [0, 0.05) is 5.69 Å². The Bertz CT molecular complexity index is 951. The van der Waals surface area contributed by atoms with Gasteiger partial charge in [-0.25, -0.2) is 4.39 Å². The molecule has 0 fully saturated rings. The number of para-hydroxylation sites is 2. The molecule has 2 N–H and O–H groups in total. The van der Waals surface area contributed by atoms with E-state index in [-0.39, 0.29) is 17.5 Å². The Hall–Kier alpha value is -3.05. The fraction of sp³-hybridized carbons (Fsp3) is 0.174. The van der Waals surface area contributed by atoms with Crippen LogP contribution >= 0.6 is 11.6 Å². The molecule has 150 valence electrons. The van der Waals surface area contributed by atoms with E-state index in [0.717, 1.165) is 12.8 Å². The number of halogens is 2. The first-order valence-corrected chi connectivity index (χ1v) is 9.74. The third kappa shape index (κ3) is 6.50. The van der Waals surface area contributed by atoms with Gasteiger partial charge in [0.05, 0.1) is 23.9 Å². The summed E-state index contributed by atoms with van der Waals surface area (Å²) >= 11 is 5.75.